The van der Waals surface area contributed by atoms with Crippen LogP contribution >= 0.6 is 0 Å². The molecule has 3 N–H and O–H groups in total. The first-order valence-corrected chi connectivity index (χ1v) is 8.80. The molecule has 0 radical (unpaired) electrons. The summed E-state index contributed by atoms with van der Waals surface area (Å²) in [6.45, 7) is 6.78. The summed E-state index contributed by atoms with van der Waals surface area (Å²) < 4.78 is 0. The Morgan fingerprint density at radius 1 is 1.19 bits per heavy atom. The van der Waals surface area contributed by atoms with E-state index in [-0.39, 0.29) is 6.03 Å². The molecule has 0 aliphatic carbocycles. The topological polar surface area (TPSA) is 85.4 Å². The van der Waals surface area contributed by atoms with Crippen LogP contribution in [-0.4, -0.2) is 54.1 Å². The molecule has 1 aromatic carbocycles. The van der Waals surface area contributed by atoms with Crippen molar-refractivity contribution in [2.45, 2.75) is 13.5 Å². The van der Waals surface area contributed by atoms with Gasteiger partial charge < -0.3 is 20.4 Å². The summed E-state index contributed by atoms with van der Waals surface area (Å²) >= 11 is 0. The normalized spacial score (nSPS) is 17.3. The number of likely N-dealkylation sites (N-methyl/N-ethyl adjacent to an activating group) is 1. The van der Waals surface area contributed by atoms with Gasteiger partial charge in [-0.2, -0.15) is 4.98 Å². The number of aryl methyl sites for hydroxylation is 1. The first-order chi connectivity index (χ1) is 12.6. The maximum atomic E-state index is 11.4. The van der Waals surface area contributed by atoms with Crippen molar-refractivity contribution in [2.24, 2.45) is 0 Å². The zero-order chi connectivity index (χ0) is 18.1. The SMILES string of the molecule is Cc1cc(N2CCN(C)CC2)ccc1Nc1ncc2c(n1)NC(=O)NC2. The molecule has 2 aromatic rings. The molecule has 4 rings (SSSR count). The van der Waals surface area contributed by atoms with Gasteiger partial charge >= 0.3 is 6.03 Å². The molecule has 2 aliphatic rings. The van der Waals surface area contributed by atoms with Gasteiger partial charge in [0.15, 0.2) is 0 Å². The maximum Gasteiger partial charge on any atom is 0.320 e. The van der Waals surface area contributed by atoms with Crippen molar-refractivity contribution in [3.63, 3.8) is 0 Å². The average Bonchev–Trinajstić information content (AvgIpc) is 2.64. The second kappa shape index (κ2) is 6.80. The van der Waals surface area contributed by atoms with Crippen molar-refractivity contribution in [2.75, 3.05) is 48.8 Å². The molecule has 0 atom stereocenters. The number of fused-ring (bicyclic) bond motifs is 1. The van der Waals surface area contributed by atoms with E-state index in [4.69, 9.17) is 0 Å². The number of carbonyl (C=O) groups excluding carboxylic acids is 1. The van der Waals surface area contributed by atoms with Crippen molar-refractivity contribution >= 4 is 29.2 Å². The molecule has 8 nitrogen and oxygen atoms in total. The van der Waals surface area contributed by atoms with Gasteiger partial charge in [0, 0.05) is 55.9 Å². The number of hydrogen-bond acceptors (Lipinski definition) is 6. The Bertz CT molecular complexity index is 830. The molecule has 2 aliphatic heterocycles. The van der Waals surface area contributed by atoms with E-state index in [1.165, 1.54) is 5.69 Å². The molecule has 0 unspecified atom stereocenters. The Labute approximate surface area is 152 Å². The van der Waals surface area contributed by atoms with E-state index in [0.29, 0.717) is 18.3 Å². The highest BCUT2D eigenvalue weighted by Crippen LogP contribution is 2.26. The number of urea groups is 1. The fraction of sp³-hybridized carbons (Fsp3) is 0.389. The molecule has 8 heteroatoms. The van der Waals surface area contributed by atoms with E-state index in [1.807, 2.05) is 0 Å². The van der Waals surface area contributed by atoms with Crippen LogP contribution in [0.25, 0.3) is 0 Å². The van der Waals surface area contributed by atoms with E-state index in [0.717, 1.165) is 43.0 Å². The van der Waals surface area contributed by atoms with Crippen molar-refractivity contribution in [3.8, 4) is 0 Å². The highest BCUT2D eigenvalue weighted by Gasteiger charge is 2.17. The van der Waals surface area contributed by atoms with Crippen molar-refractivity contribution in [3.05, 3.63) is 35.5 Å². The lowest BCUT2D eigenvalue weighted by molar-refractivity contribution is 0.250. The van der Waals surface area contributed by atoms with E-state index >= 15 is 0 Å². The number of aromatic nitrogens is 2. The first kappa shape index (κ1) is 16.6. The number of rotatable bonds is 3. The zero-order valence-corrected chi connectivity index (χ0v) is 15.0. The number of benzene rings is 1. The summed E-state index contributed by atoms with van der Waals surface area (Å²) in [5, 5.41) is 8.66. The van der Waals surface area contributed by atoms with Gasteiger partial charge in [-0.1, -0.05) is 0 Å². The highest BCUT2D eigenvalue weighted by molar-refractivity contribution is 5.91. The van der Waals surface area contributed by atoms with Crippen LogP contribution in [-0.2, 0) is 6.54 Å². The van der Waals surface area contributed by atoms with E-state index < -0.39 is 0 Å². The smallest absolute Gasteiger partial charge is 0.320 e. The Hall–Kier alpha value is -2.87. The van der Waals surface area contributed by atoms with E-state index in [9.17, 15) is 4.79 Å². The number of nitrogens with zero attached hydrogens (tertiary/aromatic N) is 4. The van der Waals surface area contributed by atoms with Crippen LogP contribution in [0.15, 0.2) is 24.4 Å². The molecule has 1 aromatic heterocycles. The minimum atomic E-state index is -0.241. The Kier molecular flexibility index (Phi) is 4.34. The molecule has 0 spiro atoms. The molecule has 2 amide bonds. The van der Waals surface area contributed by atoms with Crippen molar-refractivity contribution < 1.29 is 4.79 Å². The summed E-state index contributed by atoms with van der Waals surface area (Å²) in [6, 6.07) is 6.14. The highest BCUT2D eigenvalue weighted by atomic mass is 16.2. The number of hydrogen-bond donors (Lipinski definition) is 3. The average molecular weight is 353 g/mol. The zero-order valence-electron chi connectivity index (χ0n) is 15.0. The predicted molar refractivity (Wildman–Crippen MR) is 102 cm³/mol. The van der Waals surface area contributed by atoms with Crippen LogP contribution in [0, 0.1) is 6.92 Å². The number of anilines is 4. The molecule has 1 saturated heterocycles. The van der Waals surface area contributed by atoms with Gasteiger partial charge in [-0.3, -0.25) is 5.32 Å². The van der Waals surface area contributed by atoms with Gasteiger partial charge in [0.05, 0.1) is 0 Å². The Morgan fingerprint density at radius 2 is 2.00 bits per heavy atom. The Balaban J connectivity index is 1.50. The van der Waals surface area contributed by atoms with Crippen LogP contribution in [0.2, 0.25) is 0 Å². The van der Waals surface area contributed by atoms with E-state index in [1.54, 1.807) is 6.20 Å². The van der Waals surface area contributed by atoms with Gasteiger partial charge in [0.25, 0.3) is 0 Å². The van der Waals surface area contributed by atoms with Crippen molar-refractivity contribution in [1.29, 1.82) is 0 Å². The fourth-order valence-electron chi connectivity index (χ4n) is 3.20. The summed E-state index contributed by atoms with van der Waals surface area (Å²) in [4.78, 5) is 25.0. The van der Waals surface area contributed by atoms with Crippen LogP contribution in [0.3, 0.4) is 0 Å². The molecular weight excluding hydrogens is 330 g/mol. The second-order valence-corrected chi connectivity index (χ2v) is 6.79. The maximum absolute atomic E-state index is 11.4. The molecule has 1 fully saturated rings. The summed E-state index contributed by atoms with van der Waals surface area (Å²) in [5.41, 5.74) is 4.21. The van der Waals surface area contributed by atoms with Crippen LogP contribution < -0.4 is 20.9 Å². The lowest BCUT2D eigenvalue weighted by Gasteiger charge is -2.34. The largest absolute Gasteiger partial charge is 0.369 e. The lowest BCUT2D eigenvalue weighted by Crippen LogP contribution is -2.44. The molecule has 0 saturated carbocycles. The van der Waals surface area contributed by atoms with Gasteiger partial charge in [-0.25, -0.2) is 9.78 Å². The summed E-state index contributed by atoms with van der Waals surface area (Å²) in [5.74, 6) is 1.03. The standard InChI is InChI=1S/C18H23N7O/c1-12-9-14(25-7-5-24(2)6-8-25)3-4-15(12)21-17-19-10-13-11-20-18(26)23-16(13)22-17/h3-4,9-10H,5-8,11H2,1-2H3,(H3,19,20,21,22,23,26). The lowest BCUT2D eigenvalue weighted by atomic mass is 10.1. The quantitative estimate of drug-likeness (QED) is 0.782. The van der Waals surface area contributed by atoms with Crippen LogP contribution in [0.5, 0.6) is 0 Å². The molecule has 136 valence electrons. The van der Waals surface area contributed by atoms with Gasteiger partial charge in [-0.05, 0) is 37.7 Å². The van der Waals surface area contributed by atoms with Gasteiger partial charge in [0.1, 0.15) is 5.82 Å². The van der Waals surface area contributed by atoms with Crippen LogP contribution in [0.4, 0.5) is 27.9 Å². The second-order valence-electron chi connectivity index (χ2n) is 6.79. The first-order valence-electron chi connectivity index (χ1n) is 8.80. The fourth-order valence-corrected chi connectivity index (χ4v) is 3.20. The van der Waals surface area contributed by atoms with Gasteiger partial charge in [-0.15, -0.1) is 0 Å². The molecule has 3 heterocycles. The molecular formula is C18H23N7O. The van der Waals surface area contributed by atoms with Crippen LogP contribution in [0.1, 0.15) is 11.1 Å². The third-order valence-corrected chi connectivity index (χ3v) is 4.86. The summed E-state index contributed by atoms with van der Waals surface area (Å²) in [6.07, 6.45) is 1.73. The van der Waals surface area contributed by atoms with Crippen molar-refractivity contribution in [1.82, 2.24) is 20.2 Å². The third-order valence-electron chi connectivity index (χ3n) is 4.86. The third kappa shape index (κ3) is 3.41. The minimum absolute atomic E-state index is 0.241. The number of carbonyl (C=O) groups is 1. The molecule has 0 bridgehead atoms. The monoisotopic (exact) mass is 353 g/mol. The van der Waals surface area contributed by atoms with E-state index in [2.05, 4.69) is 67.9 Å². The Morgan fingerprint density at radius 3 is 2.77 bits per heavy atom. The minimum Gasteiger partial charge on any atom is -0.369 e. The predicted octanol–water partition coefficient (Wildman–Crippen LogP) is 1.92. The van der Waals surface area contributed by atoms with Gasteiger partial charge in [0.2, 0.25) is 5.95 Å². The molecule has 26 heavy (non-hydrogen) atoms. The number of amides is 2. The number of piperazine rings is 1. The number of nitrogens with one attached hydrogen (secondary N) is 3. The summed E-state index contributed by atoms with van der Waals surface area (Å²) in [7, 11) is 2.16.